The molecule has 54 heavy (non-hydrogen) atoms. The van der Waals surface area contributed by atoms with Crippen molar-refractivity contribution in [2.75, 3.05) is 22.9 Å². The van der Waals surface area contributed by atoms with Crippen LogP contribution in [0.4, 0.5) is 22.7 Å². The summed E-state index contributed by atoms with van der Waals surface area (Å²) in [7, 11) is 0. The van der Waals surface area contributed by atoms with Crippen LogP contribution in [0.2, 0.25) is 0 Å². The van der Waals surface area contributed by atoms with Gasteiger partial charge in [-0.3, -0.25) is 4.79 Å². The Morgan fingerprint density at radius 1 is 0.815 bits per heavy atom. The van der Waals surface area contributed by atoms with E-state index in [1.807, 2.05) is 27.7 Å². The number of amides is 1. The summed E-state index contributed by atoms with van der Waals surface area (Å²) >= 11 is 0. The lowest BCUT2D eigenvalue weighted by Gasteiger charge is -2.59. The molecule has 8 nitrogen and oxygen atoms in total. The van der Waals surface area contributed by atoms with Crippen LogP contribution in [0, 0.1) is 46.3 Å². The highest BCUT2D eigenvalue weighted by Gasteiger charge is 2.60. The molecule has 0 radical (unpaired) electrons. The van der Waals surface area contributed by atoms with Crippen LogP contribution in [0.25, 0.3) is 0 Å². The summed E-state index contributed by atoms with van der Waals surface area (Å²) in [4.78, 5) is 23.6. The highest BCUT2D eigenvalue weighted by Crippen LogP contribution is 2.68. The van der Waals surface area contributed by atoms with Crippen LogP contribution >= 0.6 is 0 Å². The second-order valence-corrected chi connectivity index (χ2v) is 16.7. The van der Waals surface area contributed by atoms with E-state index in [1.165, 1.54) is 62.7 Å². The highest BCUT2D eigenvalue weighted by molar-refractivity contribution is 5.94. The summed E-state index contributed by atoms with van der Waals surface area (Å²) in [6.45, 7) is 22.5. The van der Waals surface area contributed by atoms with Crippen LogP contribution in [0.3, 0.4) is 0 Å². The molecule has 9 unspecified atom stereocenters. The highest BCUT2D eigenvalue weighted by atomic mass is 16.5. The Morgan fingerprint density at radius 2 is 1.37 bits per heavy atom. The van der Waals surface area contributed by atoms with Gasteiger partial charge < -0.3 is 33.4 Å². The minimum Gasteiger partial charge on any atom is -0.458 e. The van der Waals surface area contributed by atoms with Gasteiger partial charge in [-0.2, -0.15) is 0 Å². The Kier molecular flexibility index (Phi) is 15.7. The molecule has 9 atom stereocenters. The van der Waals surface area contributed by atoms with E-state index in [4.69, 9.17) is 33.4 Å². The van der Waals surface area contributed by atoms with Crippen LogP contribution in [0.5, 0.6) is 0 Å². The van der Waals surface area contributed by atoms with Gasteiger partial charge in [0.05, 0.1) is 5.56 Å². The fraction of sp³-hybridized carbons (Fsp3) is 0.609. The molecule has 0 heterocycles. The van der Waals surface area contributed by atoms with Gasteiger partial charge in [0.25, 0.3) is 0 Å². The molecule has 8 heteroatoms. The Morgan fingerprint density at radius 3 is 1.91 bits per heavy atom. The molecular formula is C46H73N5O3. The van der Waals surface area contributed by atoms with Crippen molar-refractivity contribution in [3.05, 3.63) is 70.8 Å². The number of primary amides is 1. The van der Waals surface area contributed by atoms with E-state index in [9.17, 15) is 9.59 Å². The molecule has 4 aliphatic rings. The molecule has 3 fully saturated rings. The van der Waals surface area contributed by atoms with Crippen LogP contribution in [-0.2, 0) is 4.74 Å². The first-order valence-corrected chi connectivity index (χ1v) is 20.7. The third-order valence-electron chi connectivity index (χ3n) is 13.2. The molecule has 0 spiro atoms. The summed E-state index contributed by atoms with van der Waals surface area (Å²) in [6, 6.07) is 9.53. The maximum Gasteiger partial charge on any atom is 0.338 e. The smallest absolute Gasteiger partial charge is 0.338 e. The number of hydrogen-bond donors (Lipinski definition) is 5. The molecule has 10 N–H and O–H groups in total. The molecule has 0 aliphatic heterocycles. The van der Waals surface area contributed by atoms with Gasteiger partial charge >= 0.3 is 5.97 Å². The standard InChI is InChI=1S/C35H52N2O2.C7H9N3O.2C2H6/c1-21(2)8-7-9-22(3)28-12-13-30-27-10-11-29-23(4)32(39-33(38)24-18-25(36)20-26(37)19-24)15-17-35(29,6)31(27)14-16-34(28,30)5;8-5-1-4(7(10)11)2-6(9)3-5;2*1-2/h8,11,18-20,22-23,27-28,30-32H,7,9-10,12-17,36-37H2,1-6H3;1-3H,8-9H2,(H2,10,11);2*1-2H3. The van der Waals surface area contributed by atoms with Crippen molar-refractivity contribution in [3.8, 4) is 0 Å². The van der Waals surface area contributed by atoms with Crippen molar-refractivity contribution >= 4 is 34.6 Å². The fourth-order valence-corrected chi connectivity index (χ4v) is 10.8. The van der Waals surface area contributed by atoms with Crippen molar-refractivity contribution in [1.29, 1.82) is 0 Å². The van der Waals surface area contributed by atoms with Crippen LogP contribution < -0.4 is 28.7 Å². The number of allylic oxidation sites excluding steroid dienone is 3. The number of anilines is 4. The van der Waals surface area contributed by atoms with Gasteiger partial charge in [0.15, 0.2) is 0 Å². The van der Waals surface area contributed by atoms with Gasteiger partial charge in [-0.1, -0.05) is 78.7 Å². The summed E-state index contributed by atoms with van der Waals surface area (Å²) in [5, 5.41) is 0. The maximum absolute atomic E-state index is 13.0. The number of nitrogen functional groups attached to an aromatic ring is 4. The number of hydrogen-bond acceptors (Lipinski definition) is 7. The summed E-state index contributed by atoms with van der Waals surface area (Å²) < 4.78 is 6.11. The SMILES string of the molecule is CC.CC.CC(C)=CCCC(C)C1CCC2C3CC=C4C(C)C(OC(=O)c5cc(N)cc(N)c5)CCC4(C)C3CCC12C.NC(=O)c1cc(N)cc(N)c1. The molecular weight excluding hydrogens is 671 g/mol. The van der Waals surface area contributed by atoms with Gasteiger partial charge in [-0.15, -0.1) is 0 Å². The van der Waals surface area contributed by atoms with E-state index in [2.05, 4.69) is 53.7 Å². The van der Waals surface area contributed by atoms with Gasteiger partial charge in [0.2, 0.25) is 5.91 Å². The van der Waals surface area contributed by atoms with Crippen molar-refractivity contribution in [2.45, 2.75) is 133 Å². The molecule has 6 rings (SSSR count). The molecule has 2 aromatic carbocycles. The number of esters is 1. The lowest BCUT2D eigenvalue weighted by atomic mass is 9.46. The van der Waals surface area contributed by atoms with E-state index in [-0.39, 0.29) is 23.4 Å². The van der Waals surface area contributed by atoms with Gasteiger partial charge in [0, 0.05) is 34.2 Å². The minimum atomic E-state index is -0.524. The number of rotatable bonds is 7. The van der Waals surface area contributed by atoms with E-state index in [0.29, 0.717) is 39.3 Å². The molecule has 1 amide bonds. The average molecular weight is 744 g/mol. The number of carbonyl (C=O) groups is 2. The molecule has 2 aromatic rings. The number of carbonyl (C=O) groups excluding carboxylic acids is 2. The minimum absolute atomic E-state index is 0.0950. The molecule has 4 aliphatic carbocycles. The predicted molar refractivity (Wildman–Crippen MR) is 229 cm³/mol. The third-order valence-corrected chi connectivity index (χ3v) is 13.2. The monoisotopic (exact) mass is 744 g/mol. The molecule has 0 bridgehead atoms. The summed E-state index contributed by atoms with van der Waals surface area (Å²) in [5.41, 5.74) is 34.0. The van der Waals surface area contributed by atoms with Crippen molar-refractivity contribution in [1.82, 2.24) is 0 Å². The fourth-order valence-electron chi connectivity index (χ4n) is 10.8. The van der Waals surface area contributed by atoms with Crippen LogP contribution in [0.15, 0.2) is 59.7 Å². The van der Waals surface area contributed by atoms with Crippen LogP contribution in [0.1, 0.15) is 148 Å². The second-order valence-electron chi connectivity index (χ2n) is 16.7. The van der Waals surface area contributed by atoms with Gasteiger partial charge in [-0.05, 0) is 148 Å². The molecule has 300 valence electrons. The first-order valence-electron chi connectivity index (χ1n) is 20.7. The van der Waals surface area contributed by atoms with E-state index < -0.39 is 5.91 Å². The first kappa shape index (κ1) is 44.5. The third kappa shape index (κ3) is 9.83. The van der Waals surface area contributed by atoms with Gasteiger partial charge in [0.1, 0.15) is 6.10 Å². The topological polar surface area (TPSA) is 173 Å². The van der Waals surface area contributed by atoms with E-state index in [1.54, 1.807) is 29.8 Å². The Bertz CT molecular complexity index is 1610. The Labute approximate surface area is 327 Å². The van der Waals surface area contributed by atoms with Crippen molar-refractivity contribution in [3.63, 3.8) is 0 Å². The second kappa shape index (κ2) is 19.1. The Balaban J connectivity index is 0.000000443. The molecule has 3 saturated carbocycles. The maximum atomic E-state index is 13.0. The van der Waals surface area contributed by atoms with E-state index >= 15 is 0 Å². The summed E-state index contributed by atoms with van der Waals surface area (Å²) in [6.07, 6.45) is 16.3. The average Bonchev–Trinajstić information content (AvgIpc) is 3.48. The first-order chi connectivity index (χ1) is 25.5. The van der Waals surface area contributed by atoms with Crippen molar-refractivity contribution in [2.24, 2.45) is 52.1 Å². The summed E-state index contributed by atoms with van der Waals surface area (Å²) in [5.74, 6) is 3.47. The van der Waals surface area contributed by atoms with Gasteiger partial charge in [-0.25, -0.2) is 4.79 Å². The molecule has 0 saturated heterocycles. The zero-order valence-corrected chi connectivity index (χ0v) is 35.1. The molecule has 0 aromatic heterocycles. The largest absolute Gasteiger partial charge is 0.458 e. The van der Waals surface area contributed by atoms with E-state index in [0.717, 1.165) is 42.4 Å². The van der Waals surface area contributed by atoms with Crippen LogP contribution in [-0.4, -0.2) is 18.0 Å². The quantitative estimate of drug-likeness (QED) is 0.107. The predicted octanol–water partition coefficient (Wildman–Crippen LogP) is 10.6. The number of fused-ring (bicyclic) bond motifs is 5. The number of benzene rings is 2. The zero-order chi connectivity index (χ0) is 40.5. The normalized spacial score (nSPS) is 29.6. The number of nitrogens with two attached hydrogens (primary N) is 5. The zero-order valence-electron chi connectivity index (χ0n) is 35.1. The lowest BCUT2D eigenvalue weighted by molar-refractivity contribution is -0.0674. The Hall–Kier alpha value is -3.94. The number of ether oxygens (including phenoxy) is 1. The lowest BCUT2D eigenvalue weighted by Crippen LogP contribution is -2.52. The van der Waals surface area contributed by atoms with Crippen molar-refractivity contribution < 1.29 is 14.3 Å².